The molecule has 1 aromatic heterocycles. The van der Waals surface area contributed by atoms with E-state index in [9.17, 15) is 23.6 Å². The molecule has 2 atom stereocenters. The van der Waals surface area contributed by atoms with Gasteiger partial charge in [-0.1, -0.05) is 50.2 Å². The first kappa shape index (κ1) is 27.2. The molecule has 8 nitrogen and oxygen atoms in total. The van der Waals surface area contributed by atoms with Crippen LogP contribution in [-0.4, -0.2) is 40.6 Å². The fraction of sp³-hybridized carbons (Fsp3) is 0.250. The van der Waals surface area contributed by atoms with Gasteiger partial charge in [0.15, 0.2) is 0 Å². The summed E-state index contributed by atoms with van der Waals surface area (Å²) in [5.74, 6) is -3.68. The lowest BCUT2D eigenvalue weighted by Gasteiger charge is -2.25. The quantitative estimate of drug-likeness (QED) is 0.347. The summed E-state index contributed by atoms with van der Waals surface area (Å²) in [7, 11) is 0. The molecule has 0 unspecified atom stereocenters. The van der Waals surface area contributed by atoms with Gasteiger partial charge in [-0.05, 0) is 47.9 Å². The van der Waals surface area contributed by atoms with E-state index in [0.29, 0.717) is 5.69 Å². The van der Waals surface area contributed by atoms with Crippen LogP contribution in [-0.2, 0) is 27.3 Å². The molecular weight excluding hydrogens is 475 g/mol. The van der Waals surface area contributed by atoms with Crippen molar-refractivity contribution in [1.29, 1.82) is 0 Å². The zero-order chi connectivity index (χ0) is 26.8. The Labute approximate surface area is 214 Å². The van der Waals surface area contributed by atoms with Crippen LogP contribution >= 0.6 is 0 Å². The van der Waals surface area contributed by atoms with Crippen molar-refractivity contribution in [3.05, 3.63) is 102 Å². The molecule has 0 aliphatic carbocycles. The average molecular weight is 505 g/mol. The molecule has 1 heterocycles. The van der Waals surface area contributed by atoms with E-state index in [1.165, 1.54) is 12.1 Å². The number of rotatable bonds is 11. The van der Waals surface area contributed by atoms with Crippen LogP contribution in [0.2, 0.25) is 0 Å². The van der Waals surface area contributed by atoms with Gasteiger partial charge in [-0.2, -0.15) is 0 Å². The Morgan fingerprint density at radius 1 is 0.865 bits per heavy atom. The molecule has 0 saturated heterocycles. The highest BCUT2D eigenvalue weighted by atomic mass is 19.1. The van der Waals surface area contributed by atoms with E-state index in [-0.39, 0.29) is 24.4 Å². The van der Waals surface area contributed by atoms with Gasteiger partial charge in [-0.25, -0.2) is 4.39 Å². The third-order valence-corrected chi connectivity index (χ3v) is 5.64. The number of carbonyl (C=O) groups is 4. The molecule has 3 N–H and O–H groups in total. The van der Waals surface area contributed by atoms with Gasteiger partial charge in [0.25, 0.3) is 11.8 Å². The van der Waals surface area contributed by atoms with Crippen LogP contribution in [0.25, 0.3) is 0 Å². The molecule has 192 valence electrons. The molecule has 0 spiro atoms. The maximum absolute atomic E-state index is 13.2. The van der Waals surface area contributed by atoms with Crippen LogP contribution in [0.3, 0.4) is 0 Å². The molecule has 0 radical (unpaired) electrons. The minimum atomic E-state index is -1.16. The molecule has 9 heteroatoms. The molecule has 37 heavy (non-hydrogen) atoms. The minimum absolute atomic E-state index is 0.0553. The van der Waals surface area contributed by atoms with Gasteiger partial charge in [0, 0.05) is 18.2 Å². The van der Waals surface area contributed by atoms with E-state index in [1.54, 1.807) is 62.5 Å². The molecule has 3 rings (SSSR count). The molecule has 0 bridgehead atoms. The Morgan fingerprint density at radius 2 is 1.54 bits per heavy atom. The number of amides is 3. The predicted molar refractivity (Wildman–Crippen MR) is 136 cm³/mol. The predicted octanol–water partition coefficient (Wildman–Crippen LogP) is 2.59. The largest absolute Gasteiger partial charge is 0.344 e. The number of pyridine rings is 1. The van der Waals surface area contributed by atoms with Crippen molar-refractivity contribution in [3.63, 3.8) is 0 Å². The van der Waals surface area contributed by atoms with Crippen molar-refractivity contribution < 1.29 is 23.6 Å². The van der Waals surface area contributed by atoms with Gasteiger partial charge >= 0.3 is 0 Å². The maximum atomic E-state index is 13.2. The van der Waals surface area contributed by atoms with Gasteiger partial charge in [0.1, 0.15) is 17.9 Å². The Balaban J connectivity index is 1.74. The second-order valence-corrected chi connectivity index (χ2v) is 8.82. The lowest BCUT2D eigenvalue weighted by molar-refractivity contribution is -0.140. The molecule has 3 aromatic rings. The van der Waals surface area contributed by atoms with Crippen LogP contribution < -0.4 is 16.0 Å². The highest BCUT2D eigenvalue weighted by molar-refractivity contribution is 6.38. The van der Waals surface area contributed by atoms with Crippen molar-refractivity contribution in [2.45, 2.75) is 38.9 Å². The summed E-state index contributed by atoms with van der Waals surface area (Å²) in [6.45, 7) is 3.53. The average Bonchev–Trinajstić information content (AvgIpc) is 2.90. The summed E-state index contributed by atoms with van der Waals surface area (Å²) >= 11 is 0. The van der Waals surface area contributed by atoms with Crippen molar-refractivity contribution in [3.8, 4) is 0 Å². The van der Waals surface area contributed by atoms with Crippen LogP contribution in [0, 0.1) is 11.7 Å². The molecule has 0 fully saturated rings. The molecular formula is C28H29FN4O4. The normalized spacial score (nSPS) is 12.3. The number of Topliss-reactive ketones (excluding diaryl/α,β-unsaturated/α-hetero) is 1. The van der Waals surface area contributed by atoms with E-state index in [4.69, 9.17) is 0 Å². The van der Waals surface area contributed by atoms with E-state index < -0.39 is 41.4 Å². The first-order chi connectivity index (χ1) is 17.7. The zero-order valence-corrected chi connectivity index (χ0v) is 20.6. The first-order valence-corrected chi connectivity index (χ1v) is 11.9. The Hall–Kier alpha value is -4.40. The monoisotopic (exact) mass is 504 g/mol. The number of ketones is 1. The summed E-state index contributed by atoms with van der Waals surface area (Å²) in [4.78, 5) is 55.8. The fourth-order valence-electron chi connectivity index (χ4n) is 3.60. The van der Waals surface area contributed by atoms with E-state index in [2.05, 4.69) is 20.9 Å². The van der Waals surface area contributed by atoms with Crippen LogP contribution in [0.4, 0.5) is 4.39 Å². The summed E-state index contributed by atoms with van der Waals surface area (Å²) in [5, 5.41) is 7.84. The Morgan fingerprint density at radius 3 is 2.16 bits per heavy atom. The van der Waals surface area contributed by atoms with Crippen LogP contribution in [0.5, 0.6) is 0 Å². The third-order valence-electron chi connectivity index (χ3n) is 5.64. The number of aromatic nitrogens is 1. The second kappa shape index (κ2) is 13.1. The van der Waals surface area contributed by atoms with Crippen LogP contribution in [0.1, 0.15) is 35.5 Å². The van der Waals surface area contributed by atoms with Gasteiger partial charge < -0.3 is 16.0 Å². The van der Waals surface area contributed by atoms with Gasteiger partial charge in [-0.3, -0.25) is 24.2 Å². The summed E-state index contributed by atoms with van der Waals surface area (Å²) < 4.78 is 13.2. The molecule has 0 aliphatic heterocycles. The van der Waals surface area contributed by atoms with Gasteiger partial charge in [-0.15, -0.1) is 0 Å². The van der Waals surface area contributed by atoms with Crippen molar-refractivity contribution in [2.24, 2.45) is 5.92 Å². The second-order valence-electron chi connectivity index (χ2n) is 8.82. The van der Waals surface area contributed by atoms with E-state index >= 15 is 0 Å². The number of nitrogens with one attached hydrogen (secondary N) is 3. The number of hydrogen-bond acceptors (Lipinski definition) is 5. The minimum Gasteiger partial charge on any atom is -0.344 e. The summed E-state index contributed by atoms with van der Waals surface area (Å²) in [5.41, 5.74) is 1.51. The number of halogens is 1. The van der Waals surface area contributed by atoms with Crippen molar-refractivity contribution >= 4 is 23.5 Å². The molecule has 0 saturated carbocycles. The smallest absolute Gasteiger partial charge is 0.289 e. The number of carbonyl (C=O) groups excluding carboxylic acids is 4. The van der Waals surface area contributed by atoms with Crippen LogP contribution in [0.15, 0.2) is 79.0 Å². The van der Waals surface area contributed by atoms with E-state index in [0.717, 1.165) is 17.7 Å². The molecule has 0 aliphatic rings. The van der Waals surface area contributed by atoms with Gasteiger partial charge in [0.2, 0.25) is 11.7 Å². The highest BCUT2D eigenvalue weighted by Gasteiger charge is 2.31. The molecule has 2 aromatic carbocycles. The summed E-state index contributed by atoms with van der Waals surface area (Å²) in [6, 6.07) is 17.0. The maximum Gasteiger partial charge on any atom is 0.289 e. The molecule has 3 amide bonds. The number of benzene rings is 2. The first-order valence-electron chi connectivity index (χ1n) is 11.9. The summed E-state index contributed by atoms with van der Waals surface area (Å²) in [6.07, 6.45) is 1.66. The van der Waals surface area contributed by atoms with E-state index in [1.807, 2.05) is 6.07 Å². The lowest BCUT2D eigenvalue weighted by Crippen LogP contribution is -2.56. The standard InChI is InChI=1S/C28H29FN4O4/c1-18(2)24(33-26(35)20-11-13-21(29)14-12-20)27(36)32-23(16-19-8-4-3-5-9-19)25(34)28(37)31-17-22-10-6-7-15-30-22/h3-15,18,23-24H,16-17H2,1-2H3,(H,31,37)(H,32,36)(H,33,35)/t23-,24-/m1/s1. The lowest BCUT2D eigenvalue weighted by atomic mass is 9.98. The van der Waals surface area contributed by atoms with Gasteiger partial charge in [0.05, 0.1) is 12.2 Å². The van der Waals surface area contributed by atoms with Crippen molar-refractivity contribution in [1.82, 2.24) is 20.9 Å². The highest BCUT2D eigenvalue weighted by Crippen LogP contribution is 2.10. The van der Waals surface area contributed by atoms with Crippen molar-refractivity contribution in [2.75, 3.05) is 0 Å². The number of hydrogen-bond donors (Lipinski definition) is 3. The SMILES string of the molecule is CC(C)[C@@H](NC(=O)c1ccc(F)cc1)C(=O)N[C@H](Cc1ccccc1)C(=O)C(=O)NCc1ccccn1. The Kier molecular flexibility index (Phi) is 9.60. The number of nitrogens with zero attached hydrogens (tertiary/aromatic N) is 1. The third kappa shape index (κ3) is 8.06. The zero-order valence-electron chi connectivity index (χ0n) is 20.6. The Bertz CT molecular complexity index is 1220. The fourth-order valence-corrected chi connectivity index (χ4v) is 3.60. The topological polar surface area (TPSA) is 117 Å².